The van der Waals surface area contributed by atoms with E-state index in [1.54, 1.807) is 0 Å². The molecule has 2 amide bonds. The first kappa shape index (κ1) is 18.3. The average Bonchev–Trinajstić information content (AvgIpc) is 3.04. The van der Waals surface area contributed by atoms with E-state index in [4.69, 9.17) is 11.6 Å². The van der Waals surface area contributed by atoms with Crippen LogP contribution in [0, 0.1) is 11.8 Å². The smallest absolute Gasteiger partial charge is 0.337 e. The number of halogens is 1. The largest absolute Gasteiger partial charge is 0.478 e. The number of hydrogen-bond donors (Lipinski definition) is 1. The van der Waals surface area contributed by atoms with E-state index in [-0.39, 0.29) is 34.2 Å². The van der Waals surface area contributed by atoms with Crippen LogP contribution in [0.15, 0.2) is 66.7 Å². The first-order valence-corrected chi connectivity index (χ1v) is 10.4. The Hall–Kier alpha value is -3.44. The number of anilines is 1. The van der Waals surface area contributed by atoms with Gasteiger partial charge in [0.25, 0.3) is 0 Å². The summed E-state index contributed by atoms with van der Waals surface area (Å²) in [4.78, 5) is 39.8. The fourth-order valence-corrected chi connectivity index (χ4v) is 6.00. The second-order valence-corrected chi connectivity index (χ2v) is 8.65. The molecular formula is C25H16ClNO4. The lowest BCUT2D eigenvalue weighted by Crippen LogP contribution is -2.41. The average molecular weight is 430 g/mol. The van der Waals surface area contributed by atoms with Gasteiger partial charge in [-0.25, -0.2) is 9.69 Å². The minimum absolute atomic E-state index is 0.00461. The highest BCUT2D eigenvalue weighted by molar-refractivity contribution is 6.34. The Bertz CT molecular complexity index is 1200. The van der Waals surface area contributed by atoms with Crippen molar-refractivity contribution in [2.24, 2.45) is 11.8 Å². The van der Waals surface area contributed by atoms with E-state index in [0.29, 0.717) is 5.69 Å². The third-order valence-corrected chi connectivity index (χ3v) is 7.20. The number of carboxylic acids is 1. The van der Waals surface area contributed by atoms with Crippen molar-refractivity contribution in [3.63, 3.8) is 0 Å². The van der Waals surface area contributed by atoms with Crippen LogP contribution in [0.1, 0.15) is 44.4 Å². The van der Waals surface area contributed by atoms with Gasteiger partial charge in [-0.3, -0.25) is 9.59 Å². The Morgan fingerprint density at radius 3 is 1.61 bits per heavy atom. The molecule has 1 heterocycles. The highest BCUT2D eigenvalue weighted by atomic mass is 35.5. The minimum atomic E-state index is -1.16. The fraction of sp³-hybridized carbons (Fsp3) is 0.160. The molecule has 6 heteroatoms. The third kappa shape index (κ3) is 2.29. The molecule has 1 N–H and O–H groups in total. The predicted octanol–water partition coefficient (Wildman–Crippen LogP) is 4.43. The molecule has 2 atom stereocenters. The molecule has 3 aromatic rings. The van der Waals surface area contributed by atoms with E-state index in [0.717, 1.165) is 22.3 Å². The maximum absolute atomic E-state index is 13.6. The number of rotatable bonds is 2. The van der Waals surface area contributed by atoms with E-state index in [1.807, 2.05) is 24.3 Å². The maximum atomic E-state index is 13.6. The van der Waals surface area contributed by atoms with Crippen LogP contribution in [0.25, 0.3) is 0 Å². The lowest BCUT2D eigenvalue weighted by Gasteiger charge is -2.45. The number of hydrogen-bond acceptors (Lipinski definition) is 3. The molecule has 31 heavy (non-hydrogen) atoms. The first-order chi connectivity index (χ1) is 15.0. The predicted molar refractivity (Wildman–Crippen MR) is 114 cm³/mol. The summed E-state index contributed by atoms with van der Waals surface area (Å²) in [7, 11) is 0. The Morgan fingerprint density at radius 1 is 0.774 bits per heavy atom. The Balaban J connectivity index is 1.52. The van der Waals surface area contributed by atoms with E-state index in [9.17, 15) is 19.5 Å². The number of carbonyl (C=O) groups excluding carboxylic acids is 2. The standard InChI is InChI=1S/C25H16ClNO4/c26-18-11-12(9-10-17(18)25(30)31)27-23(28)21-19-13-5-1-2-6-14(13)20(22(21)24(27)29)16-8-4-3-7-15(16)19/h1-11,19-22H,(H,30,31). The topological polar surface area (TPSA) is 74.7 Å². The van der Waals surface area contributed by atoms with Gasteiger partial charge in [0.2, 0.25) is 11.8 Å². The zero-order valence-corrected chi connectivity index (χ0v) is 16.9. The Labute approximate surface area is 182 Å². The third-order valence-electron chi connectivity index (χ3n) is 6.89. The van der Waals surface area contributed by atoms with Crippen LogP contribution < -0.4 is 4.90 Å². The molecule has 1 aliphatic heterocycles. The summed E-state index contributed by atoms with van der Waals surface area (Å²) < 4.78 is 0. The van der Waals surface area contributed by atoms with Crippen LogP contribution in [0.3, 0.4) is 0 Å². The second kappa shape index (κ2) is 6.28. The molecule has 1 saturated heterocycles. The molecule has 0 radical (unpaired) electrons. The van der Waals surface area contributed by atoms with Gasteiger partial charge in [-0.2, -0.15) is 0 Å². The molecule has 0 aromatic heterocycles. The molecule has 0 saturated carbocycles. The molecule has 4 aliphatic rings. The lowest BCUT2D eigenvalue weighted by atomic mass is 9.55. The molecule has 152 valence electrons. The quantitative estimate of drug-likeness (QED) is 0.611. The van der Waals surface area contributed by atoms with Crippen LogP contribution in [0.5, 0.6) is 0 Å². The monoisotopic (exact) mass is 429 g/mol. The van der Waals surface area contributed by atoms with E-state index < -0.39 is 17.8 Å². The summed E-state index contributed by atoms with van der Waals surface area (Å²) in [6.07, 6.45) is 0. The van der Waals surface area contributed by atoms with Crippen LogP contribution in [-0.2, 0) is 9.59 Å². The number of nitrogens with zero attached hydrogens (tertiary/aromatic N) is 1. The van der Waals surface area contributed by atoms with Crippen molar-refractivity contribution in [1.29, 1.82) is 0 Å². The summed E-state index contributed by atoms with van der Waals surface area (Å²) in [6, 6.07) is 20.3. The van der Waals surface area contributed by atoms with Gasteiger partial charge in [-0.15, -0.1) is 0 Å². The zero-order valence-electron chi connectivity index (χ0n) is 16.2. The van der Waals surface area contributed by atoms with Crippen molar-refractivity contribution in [3.8, 4) is 0 Å². The molecule has 3 aliphatic carbocycles. The van der Waals surface area contributed by atoms with Gasteiger partial charge < -0.3 is 5.11 Å². The number of carbonyl (C=O) groups is 3. The van der Waals surface area contributed by atoms with Gasteiger partial charge in [0.15, 0.2) is 0 Å². The summed E-state index contributed by atoms with van der Waals surface area (Å²) in [6.45, 7) is 0. The van der Waals surface area contributed by atoms with Gasteiger partial charge in [-0.05, 0) is 40.5 Å². The van der Waals surface area contributed by atoms with Gasteiger partial charge in [0, 0.05) is 11.8 Å². The summed E-state index contributed by atoms with van der Waals surface area (Å²) >= 11 is 6.14. The SMILES string of the molecule is O=C(O)c1ccc(N2C(=O)C3C4c5ccccc5C(c5ccccc54)C3C2=O)cc1Cl. The molecular weight excluding hydrogens is 414 g/mol. The normalized spacial score (nSPS) is 25.3. The van der Waals surface area contributed by atoms with E-state index >= 15 is 0 Å². The van der Waals surface area contributed by atoms with Crippen LogP contribution in [0.4, 0.5) is 5.69 Å². The van der Waals surface area contributed by atoms with Crippen molar-refractivity contribution >= 4 is 35.1 Å². The lowest BCUT2D eigenvalue weighted by molar-refractivity contribution is -0.122. The molecule has 3 aromatic carbocycles. The Kier molecular flexibility index (Phi) is 3.72. The van der Waals surface area contributed by atoms with Crippen LogP contribution in [-0.4, -0.2) is 22.9 Å². The number of imide groups is 1. The Morgan fingerprint density at radius 2 is 1.23 bits per heavy atom. The fourth-order valence-electron chi connectivity index (χ4n) is 5.75. The van der Waals surface area contributed by atoms with Crippen LogP contribution >= 0.6 is 11.6 Å². The maximum Gasteiger partial charge on any atom is 0.337 e. The van der Waals surface area contributed by atoms with E-state index in [2.05, 4.69) is 24.3 Å². The van der Waals surface area contributed by atoms with Crippen molar-refractivity contribution in [2.75, 3.05) is 4.90 Å². The molecule has 5 nitrogen and oxygen atoms in total. The molecule has 2 unspecified atom stereocenters. The van der Waals surface area contributed by atoms with E-state index in [1.165, 1.54) is 23.1 Å². The number of amides is 2. The van der Waals surface area contributed by atoms with Gasteiger partial charge in [0.1, 0.15) is 0 Å². The van der Waals surface area contributed by atoms with Crippen molar-refractivity contribution in [3.05, 3.63) is 99.6 Å². The van der Waals surface area contributed by atoms with Crippen LogP contribution in [0.2, 0.25) is 5.02 Å². The summed E-state index contributed by atoms with van der Waals surface area (Å²) in [5.74, 6) is -3.01. The van der Waals surface area contributed by atoms with Crippen molar-refractivity contribution in [1.82, 2.24) is 0 Å². The summed E-state index contributed by atoms with van der Waals surface area (Å²) in [5.41, 5.74) is 4.67. The number of aromatic carboxylic acids is 1. The van der Waals surface area contributed by atoms with Crippen molar-refractivity contribution in [2.45, 2.75) is 11.8 Å². The molecule has 1 fully saturated rings. The van der Waals surface area contributed by atoms with Gasteiger partial charge in [-0.1, -0.05) is 60.1 Å². The summed E-state index contributed by atoms with van der Waals surface area (Å²) in [5, 5.41) is 9.24. The minimum Gasteiger partial charge on any atom is -0.478 e. The highest BCUT2D eigenvalue weighted by Crippen LogP contribution is 2.61. The molecule has 7 rings (SSSR count). The van der Waals surface area contributed by atoms with Crippen molar-refractivity contribution < 1.29 is 19.5 Å². The highest BCUT2D eigenvalue weighted by Gasteiger charge is 2.61. The van der Waals surface area contributed by atoms with Gasteiger partial charge in [0.05, 0.1) is 28.1 Å². The number of benzene rings is 3. The second-order valence-electron chi connectivity index (χ2n) is 8.25. The zero-order chi connectivity index (χ0) is 21.4. The number of carboxylic acid groups (broad SMARTS) is 1. The molecule has 2 bridgehead atoms. The molecule has 0 spiro atoms. The first-order valence-electron chi connectivity index (χ1n) is 10.1. The van der Waals surface area contributed by atoms with Gasteiger partial charge >= 0.3 is 5.97 Å².